The molecule has 0 bridgehead atoms. The van der Waals surface area contributed by atoms with Crippen LogP contribution in [0.1, 0.15) is 4.88 Å². The lowest BCUT2D eigenvalue weighted by Gasteiger charge is -2.17. The first-order valence-corrected chi connectivity index (χ1v) is 15.6. The van der Waals surface area contributed by atoms with Gasteiger partial charge in [-0.2, -0.15) is 26.8 Å². The zero-order valence-corrected chi connectivity index (χ0v) is 21.6. The van der Waals surface area contributed by atoms with Gasteiger partial charge in [0.1, 0.15) is 10.9 Å². The highest BCUT2D eigenvalue weighted by Gasteiger charge is 2.32. The SMILES string of the molecule is [C-]#[N+]c1cc2cccc(-n3ccc([Si](C)(C)c4ccn(-c5cccc6cc(C#N)sc56)n4)n3)c2s1. The summed E-state index contributed by atoms with van der Waals surface area (Å²) in [5.74, 6) is 0. The van der Waals surface area contributed by atoms with Crippen LogP contribution in [0.25, 0.3) is 36.4 Å². The molecule has 0 unspecified atom stereocenters. The van der Waals surface area contributed by atoms with Crippen LogP contribution in [0.2, 0.25) is 13.1 Å². The molecule has 0 atom stereocenters. The molecule has 6 rings (SSSR count). The predicted molar refractivity (Wildman–Crippen MR) is 146 cm³/mol. The highest BCUT2D eigenvalue weighted by Crippen LogP contribution is 2.35. The summed E-state index contributed by atoms with van der Waals surface area (Å²) in [7, 11) is -2.18. The number of fused-ring (bicyclic) bond motifs is 2. The second-order valence-corrected chi connectivity index (χ2v) is 15.1. The van der Waals surface area contributed by atoms with E-state index < -0.39 is 8.07 Å². The maximum Gasteiger partial charge on any atom is 0.242 e. The van der Waals surface area contributed by atoms with Crippen molar-refractivity contribution in [2.75, 3.05) is 0 Å². The van der Waals surface area contributed by atoms with Gasteiger partial charge in [0.05, 0.1) is 33.3 Å². The van der Waals surface area contributed by atoms with Crippen molar-refractivity contribution < 1.29 is 0 Å². The fourth-order valence-corrected chi connectivity index (χ4v) is 8.14. The maximum absolute atomic E-state index is 9.32. The molecule has 6 nitrogen and oxygen atoms in total. The highest BCUT2D eigenvalue weighted by atomic mass is 32.1. The van der Waals surface area contributed by atoms with E-state index in [2.05, 4.69) is 36.1 Å². The molecular formula is C26H18N6S2Si. The minimum Gasteiger partial charge on any atom is -0.240 e. The van der Waals surface area contributed by atoms with Crippen molar-refractivity contribution in [3.63, 3.8) is 0 Å². The van der Waals surface area contributed by atoms with E-state index in [1.165, 1.54) is 22.7 Å². The van der Waals surface area contributed by atoms with Crippen molar-refractivity contribution in [1.29, 1.82) is 5.26 Å². The molecule has 0 amide bonds. The van der Waals surface area contributed by atoms with Crippen LogP contribution < -0.4 is 10.6 Å². The quantitative estimate of drug-likeness (QED) is 0.226. The monoisotopic (exact) mass is 506 g/mol. The zero-order valence-electron chi connectivity index (χ0n) is 18.9. The molecule has 2 aromatic carbocycles. The highest BCUT2D eigenvalue weighted by molar-refractivity contribution is 7.23. The number of nitriles is 1. The lowest BCUT2D eigenvalue weighted by atomic mass is 10.2. The van der Waals surface area contributed by atoms with Crippen LogP contribution in [0.4, 0.5) is 5.00 Å². The normalized spacial score (nSPS) is 11.7. The number of rotatable bonds is 4. The summed E-state index contributed by atoms with van der Waals surface area (Å²) in [6.45, 7) is 11.9. The number of hydrogen-bond donors (Lipinski definition) is 0. The number of benzene rings is 2. The fraction of sp³-hybridized carbons (Fsp3) is 0.0769. The number of nitrogens with zero attached hydrogens (tertiary/aromatic N) is 6. The molecule has 35 heavy (non-hydrogen) atoms. The van der Waals surface area contributed by atoms with Crippen LogP contribution in [-0.4, -0.2) is 27.6 Å². The standard InChI is InChI=1S/C26H18N6S2Si/c1-28-22-15-18-7-5-9-21(26(18)34-22)32-13-11-24(30-32)35(2,3)23-10-12-31(29-23)20-8-4-6-17-14-19(16-27)33-25(17)20/h4-15H,2-3H3. The first-order valence-electron chi connectivity index (χ1n) is 10.9. The van der Waals surface area contributed by atoms with E-state index in [0.29, 0.717) is 9.88 Å². The van der Waals surface area contributed by atoms with Crippen molar-refractivity contribution in [2.24, 2.45) is 0 Å². The minimum atomic E-state index is -2.18. The Kier molecular flexibility index (Phi) is 4.94. The Morgan fingerprint density at radius 2 is 1.43 bits per heavy atom. The van der Waals surface area contributed by atoms with Gasteiger partial charge >= 0.3 is 0 Å². The summed E-state index contributed by atoms with van der Waals surface area (Å²) in [6, 6.07) is 22.4. The van der Waals surface area contributed by atoms with Crippen LogP contribution in [-0.2, 0) is 0 Å². The Bertz CT molecular complexity index is 1690. The van der Waals surface area contributed by atoms with Crippen LogP contribution in [0.15, 0.2) is 73.1 Å². The Labute approximate surface area is 210 Å². The largest absolute Gasteiger partial charge is 0.242 e. The molecule has 0 saturated carbocycles. The number of aromatic nitrogens is 4. The fourth-order valence-electron chi connectivity index (χ4n) is 4.27. The number of hydrogen-bond acceptors (Lipinski definition) is 5. The van der Waals surface area contributed by atoms with E-state index in [9.17, 15) is 5.26 Å². The molecule has 0 radical (unpaired) electrons. The van der Waals surface area contributed by atoms with Crippen molar-refractivity contribution in [3.05, 3.63) is 89.4 Å². The maximum atomic E-state index is 9.32. The molecule has 0 aliphatic heterocycles. The van der Waals surface area contributed by atoms with E-state index in [1.807, 2.05) is 70.3 Å². The van der Waals surface area contributed by atoms with Crippen molar-refractivity contribution >= 4 is 66.6 Å². The summed E-state index contributed by atoms with van der Waals surface area (Å²) >= 11 is 2.99. The lowest BCUT2D eigenvalue weighted by molar-refractivity contribution is 0.893. The summed E-state index contributed by atoms with van der Waals surface area (Å²) in [5, 5.41) is 24.2. The van der Waals surface area contributed by atoms with E-state index >= 15 is 0 Å². The second kappa shape index (κ2) is 8.03. The third kappa shape index (κ3) is 3.49. The predicted octanol–water partition coefficient (Wildman–Crippen LogP) is 5.73. The molecule has 168 valence electrons. The third-order valence-corrected chi connectivity index (χ3v) is 11.4. The van der Waals surface area contributed by atoms with E-state index in [-0.39, 0.29) is 0 Å². The molecule has 0 N–H and O–H groups in total. The molecule has 0 spiro atoms. The van der Waals surface area contributed by atoms with Crippen LogP contribution in [0.5, 0.6) is 0 Å². The van der Waals surface area contributed by atoms with Gasteiger partial charge in [0.2, 0.25) is 5.00 Å². The first-order chi connectivity index (χ1) is 17.0. The van der Waals surface area contributed by atoms with E-state index in [4.69, 9.17) is 16.8 Å². The molecule has 9 heteroatoms. The van der Waals surface area contributed by atoms with Crippen LogP contribution in [0, 0.1) is 17.9 Å². The Morgan fingerprint density at radius 3 is 2.00 bits per heavy atom. The van der Waals surface area contributed by atoms with Crippen LogP contribution in [0.3, 0.4) is 0 Å². The Morgan fingerprint density at radius 1 is 0.857 bits per heavy atom. The van der Waals surface area contributed by atoms with Gasteiger partial charge in [-0.05, 0) is 47.2 Å². The number of thiophene rings is 2. The average molecular weight is 507 g/mol. The van der Waals surface area contributed by atoms with Gasteiger partial charge in [0.15, 0.2) is 8.07 Å². The van der Waals surface area contributed by atoms with E-state index in [0.717, 1.165) is 42.2 Å². The second-order valence-electron chi connectivity index (χ2n) is 8.73. The van der Waals surface area contributed by atoms with Gasteiger partial charge < -0.3 is 0 Å². The van der Waals surface area contributed by atoms with Gasteiger partial charge in [-0.3, -0.25) is 0 Å². The zero-order chi connectivity index (χ0) is 24.2. The molecule has 0 aliphatic carbocycles. The van der Waals surface area contributed by atoms with Gasteiger partial charge in [-0.15, -0.1) is 11.3 Å². The molecule has 0 aliphatic rings. The summed E-state index contributed by atoms with van der Waals surface area (Å²) < 4.78 is 5.96. The summed E-state index contributed by atoms with van der Waals surface area (Å²) in [4.78, 5) is 4.30. The Balaban J connectivity index is 1.38. The minimum absolute atomic E-state index is 0.683. The van der Waals surface area contributed by atoms with Gasteiger partial charge in [0, 0.05) is 17.1 Å². The van der Waals surface area contributed by atoms with Crippen molar-refractivity contribution in [3.8, 4) is 17.4 Å². The van der Waals surface area contributed by atoms with Crippen LogP contribution >= 0.6 is 22.7 Å². The molecule has 0 fully saturated rings. The first kappa shape index (κ1) is 21.5. The summed E-state index contributed by atoms with van der Waals surface area (Å²) in [6.07, 6.45) is 4.00. The van der Waals surface area contributed by atoms with Gasteiger partial charge in [-0.1, -0.05) is 37.4 Å². The van der Waals surface area contributed by atoms with Crippen molar-refractivity contribution in [2.45, 2.75) is 13.1 Å². The van der Waals surface area contributed by atoms with E-state index in [1.54, 1.807) is 0 Å². The third-order valence-electron chi connectivity index (χ3n) is 6.21. The van der Waals surface area contributed by atoms with Gasteiger partial charge in [0.25, 0.3) is 0 Å². The molecule has 4 aromatic heterocycles. The summed E-state index contributed by atoms with van der Waals surface area (Å²) in [5.41, 5.74) is 1.97. The molecular weight excluding hydrogens is 489 g/mol. The molecule has 0 saturated heterocycles. The Hall–Kier alpha value is -4.02. The molecule has 4 heterocycles. The molecule has 6 aromatic rings. The van der Waals surface area contributed by atoms with Gasteiger partial charge in [-0.25, -0.2) is 14.2 Å². The topological polar surface area (TPSA) is 63.8 Å². The lowest BCUT2D eigenvalue weighted by Crippen LogP contribution is -2.54. The smallest absolute Gasteiger partial charge is 0.240 e. The average Bonchev–Trinajstić information content (AvgIpc) is 3.67. The van der Waals surface area contributed by atoms with Crippen molar-refractivity contribution in [1.82, 2.24) is 19.6 Å².